The molecule has 1 saturated heterocycles. The van der Waals surface area contributed by atoms with E-state index in [0.717, 1.165) is 4.90 Å². The van der Waals surface area contributed by atoms with Gasteiger partial charge in [0.05, 0.1) is 22.3 Å². The Morgan fingerprint density at radius 3 is 2.31 bits per heavy atom. The summed E-state index contributed by atoms with van der Waals surface area (Å²) < 4.78 is 11.9. The van der Waals surface area contributed by atoms with Gasteiger partial charge in [-0.25, -0.2) is 0 Å². The molecule has 0 aliphatic carbocycles. The van der Waals surface area contributed by atoms with E-state index in [1.54, 1.807) is 28.8 Å². The van der Waals surface area contributed by atoms with Crippen molar-refractivity contribution >= 4 is 37.6 Å². The Bertz CT molecular complexity index is 1090. The fraction of sp³-hybridized carbons (Fsp3) is 0.462. The first-order valence-corrected chi connectivity index (χ1v) is 15.7. The number of benzene rings is 2. The SMILES string of the molecule is C[C@@H](O[Si](C)(C)C(C)(C)C)[C@@H]1C(=O)N(CC(=O)OCc2ccc([N+](=O)[O-])cc2)[C@H]1Sc1ccccc1. The average Bonchev–Trinajstić information content (AvgIpc) is 2.80. The van der Waals surface area contributed by atoms with Crippen molar-refractivity contribution in [2.75, 3.05) is 6.54 Å². The maximum absolute atomic E-state index is 13.2. The number of ether oxygens (including phenoxy) is 1. The molecule has 194 valence electrons. The quantitative estimate of drug-likeness (QED) is 0.129. The number of non-ortho nitro benzene ring substituents is 1. The van der Waals surface area contributed by atoms with Gasteiger partial charge >= 0.3 is 5.97 Å². The van der Waals surface area contributed by atoms with Crippen molar-refractivity contribution in [3.05, 3.63) is 70.3 Å². The van der Waals surface area contributed by atoms with E-state index < -0.39 is 19.2 Å². The summed E-state index contributed by atoms with van der Waals surface area (Å²) in [6, 6.07) is 15.6. The van der Waals surface area contributed by atoms with Gasteiger partial charge in [0.2, 0.25) is 5.91 Å². The standard InChI is InChI=1S/C26H34N2O6SSi/c1-18(34-36(5,6)26(2,3)4)23-24(30)27(25(23)35-21-10-8-7-9-11-21)16-22(29)33-17-19-12-14-20(15-13-19)28(31)32/h7-15,18,23,25H,16-17H2,1-6H3/t18-,23-,25+/m1/s1. The third-order valence-corrected chi connectivity index (χ3v) is 12.7. The average molecular weight is 531 g/mol. The van der Waals surface area contributed by atoms with E-state index in [1.165, 1.54) is 12.1 Å². The second-order valence-electron chi connectivity index (χ2n) is 10.5. The normalized spacial score (nSPS) is 18.9. The third kappa shape index (κ3) is 6.54. The Balaban J connectivity index is 1.68. The fourth-order valence-electron chi connectivity index (χ4n) is 3.70. The zero-order chi connectivity index (χ0) is 26.7. The first-order chi connectivity index (χ1) is 16.8. The third-order valence-electron chi connectivity index (χ3n) is 6.82. The number of hydrogen-bond donors (Lipinski definition) is 0. The van der Waals surface area contributed by atoms with Gasteiger partial charge < -0.3 is 14.1 Å². The molecule has 0 aromatic heterocycles. The Hall–Kier alpha value is -2.69. The number of rotatable bonds is 10. The number of β-lactam (4-membered cyclic amide) rings is 1. The molecule has 2 aromatic carbocycles. The molecule has 1 aliphatic rings. The molecule has 1 fully saturated rings. The highest BCUT2D eigenvalue weighted by atomic mass is 32.2. The summed E-state index contributed by atoms with van der Waals surface area (Å²) in [6.45, 7) is 12.6. The van der Waals surface area contributed by atoms with Gasteiger partial charge in [0.25, 0.3) is 5.69 Å². The van der Waals surface area contributed by atoms with E-state index in [4.69, 9.17) is 9.16 Å². The fourth-order valence-corrected chi connectivity index (χ4v) is 6.52. The van der Waals surface area contributed by atoms with Gasteiger partial charge in [-0.05, 0) is 54.9 Å². The van der Waals surface area contributed by atoms with Crippen molar-refractivity contribution in [2.24, 2.45) is 5.92 Å². The summed E-state index contributed by atoms with van der Waals surface area (Å²) in [4.78, 5) is 38.7. The minimum absolute atomic E-state index is 0.0114. The number of carbonyl (C=O) groups is 2. The van der Waals surface area contributed by atoms with Crippen LogP contribution in [0.3, 0.4) is 0 Å². The largest absolute Gasteiger partial charge is 0.459 e. The summed E-state index contributed by atoms with van der Waals surface area (Å²) in [5.41, 5.74) is 0.602. The van der Waals surface area contributed by atoms with Crippen LogP contribution in [0.4, 0.5) is 5.69 Å². The summed E-state index contributed by atoms with van der Waals surface area (Å²) in [5, 5.41) is 10.6. The van der Waals surface area contributed by atoms with Gasteiger partial charge in [0.15, 0.2) is 8.32 Å². The van der Waals surface area contributed by atoms with Crippen LogP contribution in [0.15, 0.2) is 59.5 Å². The van der Waals surface area contributed by atoms with Gasteiger partial charge in [-0.1, -0.05) is 39.0 Å². The summed E-state index contributed by atoms with van der Waals surface area (Å²) in [7, 11) is -2.09. The van der Waals surface area contributed by atoms with Crippen LogP contribution in [0.1, 0.15) is 33.3 Å². The number of thioether (sulfide) groups is 1. The van der Waals surface area contributed by atoms with Crippen LogP contribution in [-0.4, -0.2) is 48.0 Å². The molecular weight excluding hydrogens is 496 g/mol. The lowest BCUT2D eigenvalue weighted by Crippen LogP contribution is -2.65. The molecule has 0 radical (unpaired) electrons. The number of nitro groups is 1. The smallest absolute Gasteiger partial charge is 0.326 e. The molecule has 0 saturated carbocycles. The molecular formula is C26H34N2O6SSi. The Labute approximate surface area is 217 Å². The van der Waals surface area contributed by atoms with Crippen LogP contribution in [0.25, 0.3) is 0 Å². The summed E-state index contributed by atoms with van der Waals surface area (Å²) in [5.74, 6) is -1.02. The van der Waals surface area contributed by atoms with Crippen LogP contribution >= 0.6 is 11.8 Å². The lowest BCUT2D eigenvalue weighted by atomic mass is 9.93. The Morgan fingerprint density at radius 1 is 1.14 bits per heavy atom. The monoisotopic (exact) mass is 530 g/mol. The van der Waals surface area contributed by atoms with E-state index in [2.05, 4.69) is 33.9 Å². The van der Waals surface area contributed by atoms with Crippen molar-refractivity contribution in [3.8, 4) is 0 Å². The van der Waals surface area contributed by atoms with Crippen molar-refractivity contribution in [2.45, 2.75) is 68.8 Å². The molecule has 36 heavy (non-hydrogen) atoms. The number of amides is 1. The first-order valence-electron chi connectivity index (χ1n) is 11.9. The maximum atomic E-state index is 13.2. The molecule has 1 heterocycles. The van der Waals surface area contributed by atoms with E-state index in [9.17, 15) is 19.7 Å². The van der Waals surface area contributed by atoms with Gasteiger partial charge in [-0.3, -0.25) is 19.7 Å². The predicted molar refractivity (Wildman–Crippen MR) is 142 cm³/mol. The topological polar surface area (TPSA) is 99.0 Å². The number of nitro benzene ring substituents is 1. The molecule has 0 spiro atoms. The van der Waals surface area contributed by atoms with E-state index in [1.807, 2.05) is 37.3 Å². The minimum atomic E-state index is -2.09. The number of hydrogen-bond acceptors (Lipinski definition) is 7. The van der Waals surface area contributed by atoms with Crippen LogP contribution in [0.2, 0.25) is 18.1 Å². The van der Waals surface area contributed by atoms with Gasteiger partial charge in [0.1, 0.15) is 13.2 Å². The lowest BCUT2D eigenvalue weighted by Gasteiger charge is -2.50. The highest BCUT2D eigenvalue weighted by molar-refractivity contribution is 8.00. The van der Waals surface area contributed by atoms with Gasteiger partial charge in [0, 0.05) is 17.0 Å². The van der Waals surface area contributed by atoms with Crippen LogP contribution in [0, 0.1) is 16.0 Å². The van der Waals surface area contributed by atoms with Crippen molar-refractivity contribution in [1.29, 1.82) is 0 Å². The number of likely N-dealkylation sites (tertiary alicyclic amines) is 1. The molecule has 0 unspecified atom stereocenters. The lowest BCUT2D eigenvalue weighted by molar-refractivity contribution is -0.384. The molecule has 0 N–H and O–H groups in total. The molecule has 3 rings (SSSR count). The summed E-state index contributed by atoms with van der Waals surface area (Å²) >= 11 is 1.54. The molecule has 2 aromatic rings. The van der Waals surface area contributed by atoms with Crippen LogP contribution in [0.5, 0.6) is 0 Å². The molecule has 0 bridgehead atoms. The minimum Gasteiger partial charge on any atom is -0.459 e. The molecule has 1 aliphatic heterocycles. The number of esters is 1. The number of nitrogens with zero attached hydrogens (tertiary/aromatic N) is 2. The molecule has 10 heteroatoms. The predicted octanol–water partition coefficient (Wildman–Crippen LogP) is 5.63. The highest BCUT2D eigenvalue weighted by Crippen LogP contribution is 2.44. The maximum Gasteiger partial charge on any atom is 0.326 e. The van der Waals surface area contributed by atoms with E-state index in [0.29, 0.717) is 5.56 Å². The zero-order valence-corrected chi connectivity index (χ0v) is 23.4. The molecule has 1 amide bonds. The second kappa shape index (κ2) is 11.1. The van der Waals surface area contributed by atoms with Crippen molar-refractivity contribution in [1.82, 2.24) is 4.90 Å². The Morgan fingerprint density at radius 2 is 1.75 bits per heavy atom. The first kappa shape index (κ1) is 27.9. The zero-order valence-electron chi connectivity index (χ0n) is 21.6. The molecule has 8 nitrogen and oxygen atoms in total. The van der Waals surface area contributed by atoms with Crippen molar-refractivity contribution in [3.63, 3.8) is 0 Å². The van der Waals surface area contributed by atoms with E-state index >= 15 is 0 Å². The van der Waals surface area contributed by atoms with Crippen molar-refractivity contribution < 1.29 is 23.7 Å². The van der Waals surface area contributed by atoms with Crippen LogP contribution < -0.4 is 0 Å². The van der Waals surface area contributed by atoms with Gasteiger partial charge in [-0.2, -0.15) is 0 Å². The Kier molecular flexibility index (Phi) is 8.63. The summed E-state index contributed by atoms with van der Waals surface area (Å²) in [6.07, 6.45) is -0.285. The highest BCUT2D eigenvalue weighted by Gasteiger charge is 2.53. The van der Waals surface area contributed by atoms with Crippen LogP contribution in [-0.2, 0) is 25.4 Å². The number of carbonyl (C=O) groups excluding carboxylic acids is 2. The molecule has 3 atom stereocenters. The van der Waals surface area contributed by atoms with E-state index in [-0.39, 0.29) is 47.2 Å². The van der Waals surface area contributed by atoms with Gasteiger partial charge in [-0.15, -0.1) is 11.8 Å². The second-order valence-corrected chi connectivity index (χ2v) is 16.4.